The van der Waals surface area contributed by atoms with Gasteiger partial charge in [0, 0.05) is 26.1 Å². The molecule has 0 saturated heterocycles. The highest BCUT2D eigenvalue weighted by Crippen LogP contribution is 1.89. The third-order valence-corrected chi connectivity index (χ3v) is 2.02. The van der Waals surface area contributed by atoms with Gasteiger partial charge in [-0.05, 0) is 20.3 Å². The van der Waals surface area contributed by atoms with Crippen LogP contribution in [0.5, 0.6) is 0 Å². The molecule has 0 spiro atoms. The Morgan fingerprint density at radius 2 is 1.89 bits per heavy atom. The summed E-state index contributed by atoms with van der Waals surface area (Å²) in [5.74, 6) is -1.12. The third kappa shape index (κ3) is 8.37. The van der Waals surface area contributed by atoms with Crippen molar-refractivity contribution in [2.24, 2.45) is 0 Å². The van der Waals surface area contributed by atoms with E-state index in [0.717, 1.165) is 0 Å². The van der Waals surface area contributed by atoms with E-state index in [2.05, 4.69) is 10.6 Å². The van der Waals surface area contributed by atoms with Crippen LogP contribution in [0, 0.1) is 0 Å². The first-order valence-electron chi connectivity index (χ1n) is 5.83. The zero-order valence-corrected chi connectivity index (χ0v) is 11.0. The number of carboxylic acid groups (broad SMARTS) is 1. The fraction of sp³-hybridized carbons (Fsp3) is 0.727. The summed E-state index contributed by atoms with van der Waals surface area (Å²) < 4.78 is 0. The number of carbonyl (C=O) groups excluding carboxylic acids is 2. The highest BCUT2D eigenvalue weighted by atomic mass is 16.4. The maximum Gasteiger partial charge on any atom is 0.317 e. The normalized spacial score (nSPS) is 10.0. The van der Waals surface area contributed by atoms with Crippen molar-refractivity contribution in [1.82, 2.24) is 15.5 Å². The smallest absolute Gasteiger partial charge is 0.317 e. The van der Waals surface area contributed by atoms with E-state index >= 15 is 0 Å². The van der Waals surface area contributed by atoms with Gasteiger partial charge in [-0.15, -0.1) is 0 Å². The van der Waals surface area contributed by atoms with E-state index in [-0.39, 0.29) is 37.5 Å². The van der Waals surface area contributed by atoms with Crippen LogP contribution in [0.25, 0.3) is 0 Å². The molecule has 0 aromatic carbocycles. The summed E-state index contributed by atoms with van der Waals surface area (Å²) in [5, 5.41) is 13.6. The fourth-order valence-corrected chi connectivity index (χ4v) is 1.22. The van der Waals surface area contributed by atoms with Crippen LogP contribution in [0.2, 0.25) is 0 Å². The van der Waals surface area contributed by atoms with E-state index in [1.54, 1.807) is 0 Å². The van der Waals surface area contributed by atoms with E-state index in [1.165, 1.54) is 11.9 Å². The molecule has 0 radical (unpaired) electrons. The third-order valence-electron chi connectivity index (χ3n) is 2.02. The van der Waals surface area contributed by atoms with Crippen LogP contribution in [-0.4, -0.2) is 54.1 Å². The number of urea groups is 1. The first kappa shape index (κ1) is 16.2. The van der Waals surface area contributed by atoms with E-state index in [9.17, 15) is 14.4 Å². The monoisotopic (exact) mass is 259 g/mol. The summed E-state index contributed by atoms with van der Waals surface area (Å²) in [4.78, 5) is 34.4. The standard InChI is InChI=1S/C11H21N3O4/c1-8(2)13-9(15)7-14(3)11(18)12-6-4-5-10(16)17/h8H,4-7H2,1-3H3,(H,12,18)(H,13,15)(H,16,17). The highest BCUT2D eigenvalue weighted by Gasteiger charge is 2.12. The van der Waals surface area contributed by atoms with Crippen LogP contribution in [0.3, 0.4) is 0 Å². The Morgan fingerprint density at radius 3 is 2.39 bits per heavy atom. The molecular weight excluding hydrogens is 238 g/mol. The van der Waals surface area contributed by atoms with Crippen LogP contribution in [0.4, 0.5) is 4.79 Å². The summed E-state index contributed by atoms with van der Waals surface area (Å²) in [7, 11) is 1.51. The van der Waals surface area contributed by atoms with Gasteiger partial charge in [0.15, 0.2) is 0 Å². The van der Waals surface area contributed by atoms with Gasteiger partial charge in [-0.3, -0.25) is 9.59 Å². The average Bonchev–Trinajstić information content (AvgIpc) is 2.22. The lowest BCUT2D eigenvalue weighted by atomic mass is 10.3. The molecule has 0 aliphatic rings. The number of amides is 3. The predicted molar refractivity (Wildman–Crippen MR) is 66.2 cm³/mol. The molecule has 0 saturated carbocycles. The molecule has 0 atom stereocenters. The molecule has 3 amide bonds. The minimum atomic E-state index is -0.895. The molecule has 7 heteroatoms. The summed E-state index contributed by atoms with van der Waals surface area (Å²) in [6.07, 6.45) is 0.380. The van der Waals surface area contributed by atoms with Crippen LogP contribution in [-0.2, 0) is 9.59 Å². The number of nitrogens with zero attached hydrogens (tertiary/aromatic N) is 1. The van der Waals surface area contributed by atoms with Crippen molar-refractivity contribution in [3.8, 4) is 0 Å². The molecule has 0 aromatic rings. The number of hydrogen-bond acceptors (Lipinski definition) is 3. The second-order valence-corrected chi connectivity index (χ2v) is 4.31. The number of aliphatic carboxylic acids is 1. The molecule has 104 valence electrons. The van der Waals surface area contributed by atoms with Crippen molar-refractivity contribution >= 4 is 17.9 Å². The van der Waals surface area contributed by atoms with Crippen LogP contribution in [0.15, 0.2) is 0 Å². The SMILES string of the molecule is CC(C)NC(=O)CN(C)C(=O)NCCCC(=O)O. The van der Waals surface area contributed by atoms with Crippen molar-refractivity contribution in [1.29, 1.82) is 0 Å². The molecule has 0 bridgehead atoms. The van der Waals surface area contributed by atoms with E-state index in [0.29, 0.717) is 6.42 Å². The minimum Gasteiger partial charge on any atom is -0.481 e. The number of hydrogen-bond donors (Lipinski definition) is 3. The highest BCUT2D eigenvalue weighted by molar-refractivity contribution is 5.83. The van der Waals surface area contributed by atoms with E-state index in [1.807, 2.05) is 13.8 Å². The van der Waals surface area contributed by atoms with Gasteiger partial charge in [0.25, 0.3) is 0 Å². The van der Waals surface area contributed by atoms with Crippen LogP contribution < -0.4 is 10.6 Å². The summed E-state index contributed by atoms with van der Waals surface area (Å²) in [5.41, 5.74) is 0. The molecule has 3 N–H and O–H groups in total. The molecule has 0 fully saturated rings. The first-order valence-corrected chi connectivity index (χ1v) is 5.83. The Balaban J connectivity index is 3.82. The zero-order chi connectivity index (χ0) is 14.1. The van der Waals surface area contributed by atoms with Gasteiger partial charge in [-0.25, -0.2) is 4.79 Å². The molecule has 0 aromatic heterocycles. The van der Waals surface area contributed by atoms with Crippen molar-refractivity contribution in [3.63, 3.8) is 0 Å². The van der Waals surface area contributed by atoms with Crippen molar-refractivity contribution in [3.05, 3.63) is 0 Å². The Hall–Kier alpha value is -1.79. The molecule has 0 rings (SSSR count). The lowest BCUT2D eigenvalue weighted by molar-refractivity contribution is -0.137. The van der Waals surface area contributed by atoms with Gasteiger partial charge >= 0.3 is 12.0 Å². The molecule has 0 heterocycles. The maximum atomic E-state index is 11.5. The van der Waals surface area contributed by atoms with Gasteiger partial charge in [-0.2, -0.15) is 0 Å². The Kier molecular flexibility index (Phi) is 7.50. The maximum absolute atomic E-state index is 11.5. The van der Waals surface area contributed by atoms with Gasteiger partial charge < -0.3 is 20.6 Å². The lowest BCUT2D eigenvalue weighted by Gasteiger charge is -2.18. The van der Waals surface area contributed by atoms with Crippen molar-refractivity contribution in [2.45, 2.75) is 32.7 Å². The summed E-state index contributed by atoms with van der Waals surface area (Å²) >= 11 is 0. The second kappa shape index (κ2) is 8.32. The Bertz CT molecular complexity index is 305. The molecule has 0 unspecified atom stereocenters. The Morgan fingerprint density at radius 1 is 1.28 bits per heavy atom. The van der Waals surface area contributed by atoms with Gasteiger partial charge in [0.2, 0.25) is 5.91 Å². The molecule has 18 heavy (non-hydrogen) atoms. The van der Waals surface area contributed by atoms with Crippen molar-refractivity contribution in [2.75, 3.05) is 20.1 Å². The van der Waals surface area contributed by atoms with Crippen LogP contribution in [0.1, 0.15) is 26.7 Å². The number of nitrogens with one attached hydrogen (secondary N) is 2. The summed E-state index contributed by atoms with van der Waals surface area (Å²) in [6.45, 7) is 3.93. The number of likely N-dealkylation sites (N-methyl/N-ethyl adjacent to an activating group) is 1. The van der Waals surface area contributed by atoms with E-state index in [4.69, 9.17) is 5.11 Å². The predicted octanol–water partition coefficient (Wildman–Crippen LogP) is 0.0172. The Labute approximate surface area is 107 Å². The molecule has 0 aliphatic carbocycles. The largest absolute Gasteiger partial charge is 0.481 e. The molecule has 7 nitrogen and oxygen atoms in total. The van der Waals surface area contributed by atoms with E-state index < -0.39 is 5.97 Å². The number of rotatable bonds is 7. The van der Waals surface area contributed by atoms with Crippen LogP contribution >= 0.6 is 0 Å². The second-order valence-electron chi connectivity index (χ2n) is 4.31. The minimum absolute atomic E-state index is 0.0117. The zero-order valence-electron chi connectivity index (χ0n) is 11.0. The molecular formula is C11H21N3O4. The topological polar surface area (TPSA) is 98.7 Å². The van der Waals surface area contributed by atoms with Crippen molar-refractivity contribution < 1.29 is 19.5 Å². The van der Waals surface area contributed by atoms with Gasteiger partial charge in [0.05, 0.1) is 0 Å². The number of carbonyl (C=O) groups is 3. The van der Waals surface area contributed by atoms with Gasteiger partial charge in [-0.1, -0.05) is 0 Å². The fourth-order valence-electron chi connectivity index (χ4n) is 1.22. The average molecular weight is 259 g/mol. The molecule has 0 aliphatic heterocycles. The van der Waals surface area contributed by atoms with Gasteiger partial charge in [0.1, 0.15) is 6.54 Å². The summed E-state index contributed by atoms with van der Waals surface area (Å²) in [6, 6.07) is -0.358. The quantitative estimate of drug-likeness (QED) is 0.561. The first-order chi connectivity index (χ1) is 8.32. The lowest BCUT2D eigenvalue weighted by Crippen LogP contribution is -2.44. The number of carboxylic acids is 1.